The van der Waals surface area contributed by atoms with Crippen molar-refractivity contribution < 1.29 is 4.79 Å². The van der Waals surface area contributed by atoms with Gasteiger partial charge in [-0.25, -0.2) is 4.98 Å². The Labute approximate surface area is 186 Å². The third kappa shape index (κ3) is 3.27. The van der Waals surface area contributed by atoms with Crippen LogP contribution in [0.25, 0.3) is 10.9 Å². The smallest absolute Gasteiger partial charge is 0.267 e. The first-order chi connectivity index (χ1) is 13.3. The minimum Gasteiger partial charge on any atom is -0.267 e. The Morgan fingerprint density at radius 3 is 2.32 bits per heavy atom. The van der Waals surface area contributed by atoms with E-state index in [1.165, 1.54) is 0 Å². The summed E-state index contributed by atoms with van der Waals surface area (Å²) in [5.74, 6) is 0.138. The van der Waals surface area contributed by atoms with Gasteiger partial charge in [0, 0.05) is 11.9 Å². The molecule has 4 nitrogen and oxygen atoms in total. The summed E-state index contributed by atoms with van der Waals surface area (Å²) < 4.78 is 0. The van der Waals surface area contributed by atoms with Crippen molar-refractivity contribution in [2.75, 3.05) is 11.6 Å². The molecule has 1 aliphatic rings. The lowest BCUT2D eigenvalue weighted by Crippen LogP contribution is -2.41. The molecule has 0 aliphatic carbocycles. The molecular formula is C19H12Cl5N3O. The Morgan fingerprint density at radius 2 is 1.64 bits per heavy atom. The first-order valence-electron chi connectivity index (χ1n) is 8.28. The highest BCUT2D eigenvalue weighted by Gasteiger charge is 2.28. The number of anilines is 1. The van der Waals surface area contributed by atoms with Crippen LogP contribution in [-0.2, 0) is 6.42 Å². The molecule has 4 rings (SSSR count). The number of carbonyl (C=O) groups excluding carboxylic acids is 1. The Balaban J connectivity index is 1.70. The predicted octanol–water partition coefficient (Wildman–Crippen LogP) is 6.52. The largest absolute Gasteiger partial charge is 0.272 e. The topological polar surface area (TPSA) is 45.2 Å². The lowest BCUT2D eigenvalue weighted by atomic mass is 10.1. The molecule has 0 saturated carbocycles. The molecule has 0 spiro atoms. The van der Waals surface area contributed by atoms with Gasteiger partial charge in [-0.15, -0.1) is 0 Å². The summed E-state index contributed by atoms with van der Waals surface area (Å²) in [5, 5.41) is 2.57. The van der Waals surface area contributed by atoms with Crippen molar-refractivity contribution in [1.29, 1.82) is 0 Å². The van der Waals surface area contributed by atoms with Crippen molar-refractivity contribution in [3.8, 4) is 0 Å². The standard InChI is InChI=1S/C19H12Cl5N3O/c1-8-2-3-9-7-10-4-5-27(18(10)25-11(9)6-8)26-19(28)12-13(20)15(22)17(24)16(23)14(12)21/h2-3,6-7H,4-5H2,1H3,(H,26,28). The van der Waals surface area contributed by atoms with Gasteiger partial charge >= 0.3 is 0 Å². The molecule has 0 unspecified atom stereocenters. The predicted molar refractivity (Wildman–Crippen MR) is 116 cm³/mol. The summed E-state index contributed by atoms with van der Waals surface area (Å²) in [6.45, 7) is 2.57. The number of hydrogen-bond acceptors (Lipinski definition) is 3. The summed E-state index contributed by atoms with van der Waals surface area (Å²) in [4.78, 5) is 17.6. The average molecular weight is 476 g/mol. The number of aromatic nitrogens is 1. The average Bonchev–Trinajstić information content (AvgIpc) is 3.04. The van der Waals surface area contributed by atoms with Crippen molar-refractivity contribution in [1.82, 2.24) is 10.4 Å². The summed E-state index contributed by atoms with van der Waals surface area (Å²) in [6.07, 6.45) is 0.746. The van der Waals surface area contributed by atoms with E-state index in [2.05, 4.69) is 11.5 Å². The summed E-state index contributed by atoms with van der Waals surface area (Å²) in [7, 11) is 0. The molecule has 28 heavy (non-hydrogen) atoms. The van der Waals surface area contributed by atoms with Gasteiger partial charge < -0.3 is 0 Å². The number of pyridine rings is 1. The molecule has 2 heterocycles. The van der Waals surface area contributed by atoms with Gasteiger partial charge in [0.25, 0.3) is 5.91 Å². The molecule has 0 atom stereocenters. The van der Waals surface area contributed by atoms with Crippen molar-refractivity contribution in [2.45, 2.75) is 13.3 Å². The second kappa shape index (κ2) is 7.43. The molecule has 0 bridgehead atoms. The van der Waals surface area contributed by atoms with Gasteiger partial charge in [-0.2, -0.15) is 0 Å². The summed E-state index contributed by atoms with van der Waals surface area (Å²) in [6, 6.07) is 8.17. The molecule has 144 valence electrons. The second-order valence-electron chi connectivity index (χ2n) is 6.45. The number of benzene rings is 2. The fourth-order valence-corrected chi connectivity index (χ4v) is 4.47. The van der Waals surface area contributed by atoms with E-state index in [0.717, 1.165) is 28.5 Å². The highest BCUT2D eigenvalue weighted by molar-refractivity contribution is 6.56. The summed E-state index contributed by atoms with van der Waals surface area (Å²) >= 11 is 30.5. The van der Waals surface area contributed by atoms with Crippen LogP contribution in [0.15, 0.2) is 24.3 Å². The Morgan fingerprint density at radius 1 is 1.00 bits per heavy atom. The molecule has 1 aromatic heterocycles. The zero-order valence-electron chi connectivity index (χ0n) is 14.4. The van der Waals surface area contributed by atoms with Crippen LogP contribution < -0.4 is 10.4 Å². The number of nitrogens with zero attached hydrogens (tertiary/aromatic N) is 2. The van der Waals surface area contributed by atoms with E-state index in [9.17, 15) is 4.79 Å². The van der Waals surface area contributed by atoms with Crippen LogP contribution in [0, 0.1) is 6.92 Å². The number of fused-ring (bicyclic) bond motifs is 2. The molecule has 9 heteroatoms. The second-order valence-corrected chi connectivity index (χ2v) is 8.34. The minimum absolute atomic E-state index is 0.00454. The summed E-state index contributed by atoms with van der Waals surface area (Å²) in [5.41, 5.74) is 5.76. The highest BCUT2D eigenvalue weighted by atomic mass is 35.5. The maximum absolute atomic E-state index is 12.9. The number of amides is 1. The van der Waals surface area contributed by atoms with Crippen molar-refractivity contribution >= 4 is 80.6 Å². The van der Waals surface area contributed by atoms with Crippen molar-refractivity contribution in [3.05, 3.63) is 66.1 Å². The maximum atomic E-state index is 12.9. The number of hydrazine groups is 1. The molecule has 1 N–H and O–H groups in total. The van der Waals surface area contributed by atoms with Crippen molar-refractivity contribution in [2.24, 2.45) is 0 Å². The van der Waals surface area contributed by atoms with Gasteiger partial charge in [0.15, 0.2) is 5.82 Å². The van der Waals surface area contributed by atoms with E-state index >= 15 is 0 Å². The zero-order valence-corrected chi connectivity index (χ0v) is 18.2. The van der Waals surface area contributed by atoms with E-state index in [1.807, 2.05) is 25.1 Å². The molecule has 0 radical (unpaired) electrons. The molecule has 2 aromatic carbocycles. The van der Waals surface area contributed by atoms with E-state index in [4.69, 9.17) is 63.0 Å². The van der Waals surface area contributed by atoms with Crippen LogP contribution in [0.5, 0.6) is 0 Å². The zero-order chi connectivity index (χ0) is 20.2. The van der Waals surface area contributed by atoms with Crippen LogP contribution in [0.3, 0.4) is 0 Å². The SMILES string of the molecule is Cc1ccc2cc3c(nc2c1)N(NC(=O)c1c(Cl)c(Cl)c(Cl)c(Cl)c1Cl)CC3. The lowest BCUT2D eigenvalue weighted by Gasteiger charge is -2.21. The fraction of sp³-hybridized carbons (Fsp3) is 0.158. The number of nitrogens with one attached hydrogen (secondary N) is 1. The van der Waals surface area contributed by atoms with Crippen LogP contribution in [0.1, 0.15) is 21.5 Å². The first kappa shape index (κ1) is 19.9. The first-order valence-corrected chi connectivity index (χ1v) is 10.2. The van der Waals surface area contributed by atoms with E-state index in [0.29, 0.717) is 12.4 Å². The Bertz CT molecular complexity index is 1120. The maximum Gasteiger partial charge on any atom is 0.272 e. The van der Waals surface area contributed by atoms with Gasteiger partial charge in [-0.1, -0.05) is 70.1 Å². The molecule has 1 aliphatic heterocycles. The number of hydrogen-bond donors (Lipinski definition) is 1. The van der Waals surface area contributed by atoms with E-state index in [1.54, 1.807) is 5.01 Å². The fourth-order valence-electron chi connectivity index (χ4n) is 3.16. The molecule has 0 fully saturated rings. The van der Waals surface area contributed by atoms with Gasteiger partial charge in [0.1, 0.15) is 0 Å². The normalized spacial score (nSPS) is 13.1. The Hall–Kier alpha value is -1.43. The lowest BCUT2D eigenvalue weighted by molar-refractivity contribution is 0.0950. The van der Waals surface area contributed by atoms with Crippen LogP contribution in [0.2, 0.25) is 25.1 Å². The molecule has 3 aromatic rings. The molecular weight excluding hydrogens is 463 g/mol. The highest BCUT2D eigenvalue weighted by Crippen LogP contribution is 2.44. The minimum atomic E-state index is -0.547. The molecule has 0 saturated heterocycles. The number of carbonyl (C=O) groups is 1. The van der Waals surface area contributed by atoms with Crippen LogP contribution in [0.4, 0.5) is 5.82 Å². The number of halogens is 5. The quantitative estimate of drug-likeness (QED) is 0.339. The third-order valence-electron chi connectivity index (χ3n) is 4.56. The van der Waals surface area contributed by atoms with Crippen molar-refractivity contribution in [3.63, 3.8) is 0 Å². The number of rotatable bonds is 2. The van der Waals surface area contributed by atoms with Gasteiger partial charge in [-0.05, 0) is 36.6 Å². The Kier molecular flexibility index (Phi) is 5.27. The number of aryl methyl sites for hydroxylation is 1. The third-order valence-corrected chi connectivity index (χ3v) is 6.84. The van der Waals surface area contributed by atoms with E-state index < -0.39 is 5.91 Å². The van der Waals surface area contributed by atoms with E-state index in [-0.39, 0.29) is 30.7 Å². The van der Waals surface area contributed by atoms with Gasteiger partial charge in [-0.3, -0.25) is 15.2 Å². The van der Waals surface area contributed by atoms with Crippen LogP contribution in [-0.4, -0.2) is 17.4 Å². The molecule has 1 amide bonds. The van der Waals surface area contributed by atoms with Gasteiger partial charge in [0.05, 0.1) is 36.2 Å². The van der Waals surface area contributed by atoms with Gasteiger partial charge in [0.2, 0.25) is 0 Å². The van der Waals surface area contributed by atoms with Crippen LogP contribution >= 0.6 is 58.0 Å². The monoisotopic (exact) mass is 473 g/mol.